The van der Waals surface area contributed by atoms with E-state index in [4.69, 9.17) is 10.8 Å². The van der Waals surface area contributed by atoms with Crippen molar-refractivity contribution in [3.63, 3.8) is 0 Å². The molecule has 1 aliphatic heterocycles. The number of likely N-dealkylation sites (tertiary alicyclic amines) is 1. The molecule has 58 heavy (non-hydrogen) atoms. The molecule has 2 aliphatic rings. The van der Waals surface area contributed by atoms with Gasteiger partial charge in [-0.1, -0.05) is 30.3 Å². The number of hydrogen-bond donors (Lipinski definition) is 7. The number of aliphatic carboxylic acids is 1. The molecule has 2 amide bonds. The molecule has 2 unspecified atom stereocenters. The molecular formula is C41H47F4N7O6. The number of aromatic nitrogens is 3. The van der Waals surface area contributed by atoms with E-state index in [9.17, 15) is 42.2 Å². The summed E-state index contributed by atoms with van der Waals surface area (Å²) < 4.78 is 55.9. The van der Waals surface area contributed by atoms with E-state index in [-0.39, 0.29) is 36.5 Å². The zero-order chi connectivity index (χ0) is 41.8. The van der Waals surface area contributed by atoms with Crippen LogP contribution in [0.1, 0.15) is 65.8 Å². The van der Waals surface area contributed by atoms with Crippen LogP contribution in [0.5, 0.6) is 0 Å². The number of amides is 2. The topological polar surface area (TPSA) is 207 Å². The predicted molar refractivity (Wildman–Crippen MR) is 206 cm³/mol. The molecule has 2 heterocycles. The summed E-state index contributed by atoms with van der Waals surface area (Å²) in [4.78, 5) is 42.9. The summed E-state index contributed by atoms with van der Waals surface area (Å²) in [5, 5.41) is 40.7. The summed E-state index contributed by atoms with van der Waals surface area (Å²) in [5.74, 6) is -15.9. The number of halogens is 4. The minimum Gasteiger partial charge on any atom is -0.477 e. The van der Waals surface area contributed by atoms with E-state index in [2.05, 4.69) is 20.7 Å². The Balaban J connectivity index is 1.16. The van der Waals surface area contributed by atoms with E-state index in [0.717, 1.165) is 60.8 Å². The molecule has 3 aromatic carbocycles. The lowest BCUT2D eigenvalue weighted by Gasteiger charge is -2.33. The standard InChI is InChI=1S/C41H47F4N7O6/c1-23-19-29(37(56)52-18-2-3-31(52)22-53)14-17-32(23)26-8-4-24(5-9-26)20-33(48-35(54)28-10-6-25(21-46)7-11-28)36(55)47-30-15-12-27(13-16-30)34-49-38(51-50-34)40(42,43)41(44,45)39(57)58/h4-5,8-9,12-17,19,25,28,31,33,35,48,53-54H,2-3,6-7,10-11,18,20-22,46H2,1H3,(H,47,55)(H,57,58)(H,49,50,51)/t25?,28?,31-,33?,35?/m0/s1. The normalized spacial score (nSPS) is 19.8. The van der Waals surface area contributed by atoms with Gasteiger partial charge in [-0.15, -0.1) is 0 Å². The number of hydrogen-bond acceptors (Lipinski definition) is 9. The molecule has 0 spiro atoms. The highest BCUT2D eigenvalue weighted by Gasteiger charge is 2.65. The molecule has 1 aliphatic carbocycles. The number of carboxylic acid groups (broad SMARTS) is 1. The summed E-state index contributed by atoms with van der Waals surface area (Å²) in [6.07, 6.45) is 4.06. The quantitative estimate of drug-likeness (QED) is 0.0627. The number of carboxylic acids is 1. The van der Waals surface area contributed by atoms with Crippen molar-refractivity contribution in [3.8, 4) is 22.5 Å². The van der Waals surface area contributed by atoms with Gasteiger partial charge >= 0.3 is 17.8 Å². The Morgan fingerprint density at radius 2 is 1.64 bits per heavy atom. The Kier molecular flexibility index (Phi) is 12.9. The van der Waals surface area contributed by atoms with Gasteiger partial charge in [0.05, 0.1) is 18.7 Å². The molecule has 3 atom stereocenters. The fraction of sp³-hybridized carbons (Fsp3) is 0.439. The van der Waals surface area contributed by atoms with E-state index in [1.807, 2.05) is 43.3 Å². The number of nitrogens with one attached hydrogen (secondary N) is 3. The van der Waals surface area contributed by atoms with Crippen molar-refractivity contribution in [1.82, 2.24) is 25.4 Å². The molecular weight excluding hydrogens is 762 g/mol. The molecule has 0 radical (unpaired) electrons. The van der Waals surface area contributed by atoms with Gasteiger partial charge in [0.1, 0.15) is 6.23 Å². The van der Waals surface area contributed by atoms with Crippen molar-refractivity contribution in [2.24, 2.45) is 17.6 Å². The number of nitrogens with two attached hydrogens (primary N) is 1. The van der Waals surface area contributed by atoms with Crippen LogP contribution in [0.15, 0.2) is 66.7 Å². The first kappa shape index (κ1) is 42.4. The zero-order valence-corrected chi connectivity index (χ0v) is 31.8. The maximum absolute atomic E-state index is 14.3. The lowest BCUT2D eigenvalue weighted by molar-refractivity contribution is -0.231. The highest BCUT2D eigenvalue weighted by atomic mass is 19.3. The van der Waals surface area contributed by atoms with Crippen LogP contribution in [-0.2, 0) is 21.9 Å². The van der Waals surface area contributed by atoms with Gasteiger partial charge in [0.15, 0.2) is 5.82 Å². The number of nitrogens with zero attached hydrogens (tertiary/aromatic N) is 3. The highest BCUT2D eigenvalue weighted by molar-refractivity contribution is 5.96. The Labute approximate surface area is 332 Å². The number of benzene rings is 3. The van der Waals surface area contributed by atoms with Crippen LogP contribution in [0.4, 0.5) is 23.2 Å². The molecule has 0 bridgehead atoms. The van der Waals surface area contributed by atoms with E-state index in [1.54, 1.807) is 16.1 Å². The van der Waals surface area contributed by atoms with Crippen LogP contribution < -0.4 is 16.4 Å². The second kappa shape index (κ2) is 17.7. The number of H-pyrrole nitrogens is 1. The van der Waals surface area contributed by atoms with Gasteiger partial charge in [-0.25, -0.2) is 9.78 Å². The Bertz CT molecular complexity index is 2070. The average Bonchev–Trinajstić information content (AvgIpc) is 3.92. The molecule has 6 rings (SSSR count). The van der Waals surface area contributed by atoms with Gasteiger partial charge < -0.3 is 31.3 Å². The van der Waals surface area contributed by atoms with Crippen molar-refractivity contribution >= 4 is 23.5 Å². The lowest BCUT2D eigenvalue weighted by atomic mass is 9.81. The Morgan fingerprint density at radius 1 is 0.966 bits per heavy atom. The smallest absolute Gasteiger partial charge is 0.411 e. The molecule has 4 aromatic rings. The number of carbonyl (C=O) groups excluding carboxylic acids is 2. The third kappa shape index (κ3) is 9.07. The minimum atomic E-state index is -5.43. The number of rotatable bonds is 15. The summed E-state index contributed by atoms with van der Waals surface area (Å²) in [6, 6.07) is 17.7. The molecule has 8 N–H and O–H groups in total. The van der Waals surface area contributed by atoms with Crippen LogP contribution in [0.3, 0.4) is 0 Å². The van der Waals surface area contributed by atoms with Crippen LogP contribution in [0.2, 0.25) is 0 Å². The molecule has 1 aromatic heterocycles. The largest absolute Gasteiger partial charge is 0.477 e. The maximum Gasteiger partial charge on any atom is 0.411 e. The summed E-state index contributed by atoms with van der Waals surface area (Å²) in [6.45, 7) is 3.05. The van der Waals surface area contributed by atoms with E-state index in [0.29, 0.717) is 30.3 Å². The number of carbonyl (C=O) groups is 3. The van der Waals surface area contributed by atoms with Gasteiger partial charge in [0.25, 0.3) is 5.91 Å². The van der Waals surface area contributed by atoms with Crippen LogP contribution in [-0.4, -0.2) is 97.1 Å². The summed E-state index contributed by atoms with van der Waals surface area (Å²) >= 11 is 0. The van der Waals surface area contributed by atoms with Gasteiger partial charge in [-0.2, -0.15) is 22.7 Å². The SMILES string of the molecule is Cc1cc(C(=O)N2CCC[C@H]2CO)ccc1-c1ccc(CC(NC(O)C2CCC(CN)CC2)C(=O)Nc2ccc(-c3n[nH]c(C(F)(F)C(F)(F)C(=O)O)n3)cc2)cc1. The molecule has 310 valence electrons. The number of aryl methyl sites for hydroxylation is 1. The number of aromatic amines is 1. The van der Waals surface area contributed by atoms with E-state index >= 15 is 0 Å². The first-order valence-corrected chi connectivity index (χ1v) is 19.2. The van der Waals surface area contributed by atoms with Crippen molar-refractivity contribution in [2.75, 3.05) is 25.0 Å². The Morgan fingerprint density at radius 3 is 2.26 bits per heavy atom. The second-order valence-corrected chi connectivity index (χ2v) is 15.1. The number of aliphatic hydroxyl groups excluding tert-OH is 2. The third-order valence-corrected chi connectivity index (χ3v) is 11.2. The fourth-order valence-electron chi connectivity index (χ4n) is 7.69. The van der Waals surface area contributed by atoms with Gasteiger partial charge in [-0.3, -0.25) is 20.0 Å². The van der Waals surface area contributed by atoms with Gasteiger partial charge in [0.2, 0.25) is 11.7 Å². The van der Waals surface area contributed by atoms with Crippen LogP contribution in [0, 0.1) is 18.8 Å². The predicted octanol–water partition coefficient (Wildman–Crippen LogP) is 5.08. The van der Waals surface area contributed by atoms with E-state index in [1.165, 1.54) is 24.3 Å². The molecule has 2 fully saturated rings. The van der Waals surface area contributed by atoms with Crippen LogP contribution in [0.25, 0.3) is 22.5 Å². The van der Waals surface area contributed by atoms with Crippen LogP contribution >= 0.6 is 0 Å². The van der Waals surface area contributed by atoms with Gasteiger partial charge in [0, 0.05) is 23.4 Å². The highest BCUT2D eigenvalue weighted by Crippen LogP contribution is 2.42. The molecule has 13 nitrogen and oxygen atoms in total. The fourth-order valence-corrected chi connectivity index (χ4v) is 7.69. The summed E-state index contributed by atoms with van der Waals surface area (Å²) in [5.41, 5.74) is 10.3. The van der Waals surface area contributed by atoms with Gasteiger partial charge in [-0.05, 0) is 129 Å². The monoisotopic (exact) mass is 809 g/mol. The number of aliphatic hydroxyl groups is 2. The average molecular weight is 810 g/mol. The van der Waals surface area contributed by atoms with Crippen molar-refractivity contribution in [3.05, 3.63) is 89.2 Å². The maximum atomic E-state index is 14.3. The Hall–Kier alpha value is -5.23. The number of anilines is 1. The first-order valence-electron chi connectivity index (χ1n) is 19.2. The van der Waals surface area contributed by atoms with E-state index < -0.39 is 47.6 Å². The molecule has 1 saturated carbocycles. The van der Waals surface area contributed by atoms with Crippen molar-refractivity contribution in [2.45, 2.75) is 82.0 Å². The molecule has 17 heteroatoms. The third-order valence-electron chi connectivity index (χ3n) is 11.2. The van der Waals surface area contributed by atoms with Crippen molar-refractivity contribution < 1.29 is 47.3 Å². The zero-order valence-electron chi connectivity index (χ0n) is 31.8. The summed E-state index contributed by atoms with van der Waals surface area (Å²) in [7, 11) is 0. The minimum absolute atomic E-state index is 0.0669. The molecule has 1 saturated heterocycles. The lowest BCUT2D eigenvalue weighted by Crippen LogP contribution is -2.50. The second-order valence-electron chi connectivity index (χ2n) is 15.1. The van der Waals surface area contributed by atoms with Crippen molar-refractivity contribution in [1.29, 1.82) is 0 Å². The first-order chi connectivity index (χ1) is 27.6. The number of alkyl halides is 4.